The maximum Gasteiger partial charge on any atom is 0.161 e. The summed E-state index contributed by atoms with van der Waals surface area (Å²) in [6, 6.07) is 5.67. The quantitative estimate of drug-likeness (QED) is 0.808. The van der Waals surface area contributed by atoms with E-state index < -0.39 is 5.82 Å². The van der Waals surface area contributed by atoms with Crippen molar-refractivity contribution < 1.29 is 4.39 Å². The first-order chi connectivity index (χ1) is 7.15. The highest BCUT2D eigenvalue weighted by molar-refractivity contribution is 6.30. The predicted octanol–water partition coefficient (Wildman–Crippen LogP) is 2.52. The maximum atomic E-state index is 13.0. The SMILES string of the molecule is Nc1ccnc(-c2cc(F)cc(Cl)c2)n1. The summed E-state index contributed by atoms with van der Waals surface area (Å²) in [5, 5.41) is 0.302. The van der Waals surface area contributed by atoms with Gasteiger partial charge in [0.25, 0.3) is 0 Å². The highest BCUT2D eigenvalue weighted by Crippen LogP contribution is 2.21. The summed E-state index contributed by atoms with van der Waals surface area (Å²) in [7, 11) is 0. The number of nitrogen functional groups attached to an aromatic ring is 1. The molecule has 0 amide bonds. The molecule has 1 aromatic heterocycles. The third-order valence-corrected chi connectivity index (χ3v) is 2.02. The van der Waals surface area contributed by atoms with Crippen LogP contribution in [-0.2, 0) is 0 Å². The number of nitrogens with two attached hydrogens (primary N) is 1. The number of hydrogen-bond acceptors (Lipinski definition) is 3. The van der Waals surface area contributed by atoms with Crippen molar-refractivity contribution in [2.45, 2.75) is 0 Å². The van der Waals surface area contributed by atoms with Crippen molar-refractivity contribution in [3.05, 3.63) is 41.3 Å². The third-order valence-electron chi connectivity index (χ3n) is 1.80. The normalized spacial score (nSPS) is 10.3. The molecule has 0 radical (unpaired) electrons. The molecule has 3 nitrogen and oxygen atoms in total. The van der Waals surface area contributed by atoms with Gasteiger partial charge in [-0.05, 0) is 24.3 Å². The lowest BCUT2D eigenvalue weighted by molar-refractivity contribution is 0.628. The first-order valence-corrected chi connectivity index (χ1v) is 4.58. The fraction of sp³-hybridized carbons (Fsp3) is 0. The second kappa shape index (κ2) is 3.82. The van der Waals surface area contributed by atoms with Crippen LogP contribution in [0.25, 0.3) is 11.4 Å². The Morgan fingerprint density at radius 3 is 2.73 bits per heavy atom. The largest absolute Gasteiger partial charge is 0.384 e. The van der Waals surface area contributed by atoms with E-state index in [2.05, 4.69) is 9.97 Å². The molecule has 0 saturated carbocycles. The summed E-state index contributed by atoms with van der Waals surface area (Å²) in [5.74, 6) is 0.264. The van der Waals surface area contributed by atoms with Crippen LogP contribution in [0, 0.1) is 5.82 Å². The summed E-state index contributed by atoms with van der Waals surface area (Å²) in [5.41, 5.74) is 6.00. The number of nitrogens with zero attached hydrogens (tertiary/aromatic N) is 2. The minimum atomic E-state index is -0.427. The standard InChI is InChI=1S/C10H7ClFN3/c11-7-3-6(4-8(12)5-7)10-14-2-1-9(13)15-10/h1-5H,(H2,13,14,15). The Labute approximate surface area is 90.7 Å². The van der Waals surface area contributed by atoms with Crippen molar-refractivity contribution in [3.63, 3.8) is 0 Å². The lowest BCUT2D eigenvalue weighted by Gasteiger charge is -2.01. The molecule has 2 rings (SSSR count). The van der Waals surface area contributed by atoms with E-state index in [1.54, 1.807) is 12.1 Å². The Balaban J connectivity index is 2.54. The average molecular weight is 224 g/mol. The summed E-state index contributed by atoms with van der Waals surface area (Å²) in [6.07, 6.45) is 1.51. The van der Waals surface area contributed by atoms with Gasteiger partial charge in [0.1, 0.15) is 11.6 Å². The Bertz CT molecular complexity index is 482. The number of benzene rings is 1. The lowest BCUT2D eigenvalue weighted by atomic mass is 10.2. The Kier molecular flexibility index (Phi) is 2.51. The first-order valence-electron chi connectivity index (χ1n) is 4.20. The molecule has 0 fully saturated rings. The van der Waals surface area contributed by atoms with E-state index >= 15 is 0 Å². The van der Waals surface area contributed by atoms with Crippen LogP contribution in [0.4, 0.5) is 10.2 Å². The highest BCUT2D eigenvalue weighted by atomic mass is 35.5. The Morgan fingerprint density at radius 2 is 2.07 bits per heavy atom. The van der Waals surface area contributed by atoms with Gasteiger partial charge in [0.05, 0.1) is 0 Å². The van der Waals surface area contributed by atoms with Crippen LogP contribution in [0.2, 0.25) is 5.02 Å². The van der Waals surface area contributed by atoms with E-state index in [-0.39, 0.29) is 0 Å². The molecule has 0 aliphatic rings. The minimum absolute atomic E-state index is 0.302. The molecule has 2 N–H and O–H groups in total. The van der Waals surface area contributed by atoms with Gasteiger partial charge in [-0.25, -0.2) is 14.4 Å². The third kappa shape index (κ3) is 2.22. The summed E-state index contributed by atoms with van der Waals surface area (Å²) in [4.78, 5) is 7.94. The number of halogens is 2. The van der Waals surface area contributed by atoms with Gasteiger partial charge in [-0.15, -0.1) is 0 Å². The van der Waals surface area contributed by atoms with Crippen molar-refractivity contribution in [1.29, 1.82) is 0 Å². The van der Waals surface area contributed by atoms with Crippen LogP contribution in [0.15, 0.2) is 30.5 Å². The predicted molar refractivity (Wildman–Crippen MR) is 56.8 cm³/mol. The maximum absolute atomic E-state index is 13.0. The monoisotopic (exact) mass is 223 g/mol. The topological polar surface area (TPSA) is 51.8 Å². The number of rotatable bonds is 1. The number of hydrogen-bond donors (Lipinski definition) is 1. The highest BCUT2D eigenvalue weighted by Gasteiger charge is 2.04. The second-order valence-electron chi connectivity index (χ2n) is 2.96. The minimum Gasteiger partial charge on any atom is -0.384 e. The molecule has 1 heterocycles. The van der Waals surface area contributed by atoms with Gasteiger partial charge in [-0.2, -0.15) is 0 Å². The van der Waals surface area contributed by atoms with Gasteiger partial charge >= 0.3 is 0 Å². The van der Waals surface area contributed by atoms with Crippen LogP contribution >= 0.6 is 11.6 Å². The van der Waals surface area contributed by atoms with Crippen LogP contribution < -0.4 is 5.73 Å². The van der Waals surface area contributed by atoms with Crippen LogP contribution in [0.1, 0.15) is 0 Å². The van der Waals surface area contributed by atoms with Crippen molar-refractivity contribution in [2.75, 3.05) is 5.73 Å². The molecule has 0 unspecified atom stereocenters. The van der Waals surface area contributed by atoms with Gasteiger partial charge in [-0.1, -0.05) is 11.6 Å². The van der Waals surface area contributed by atoms with E-state index in [4.69, 9.17) is 17.3 Å². The molecule has 2 aromatic rings. The summed E-state index contributed by atoms with van der Waals surface area (Å²) in [6.45, 7) is 0. The lowest BCUT2D eigenvalue weighted by Crippen LogP contribution is -1.94. The van der Waals surface area contributed by atoms with Crippen molar-refractivity contribution >= 4 is 17.4 Å². The smallest absolute Gasteiger partial charge is 0.161 e. The molecule has 0 aliphatic carbocycles. The second-order valence-corrected chi connectivity index (χ2v) is 3.40. The van der Waals surface area contributed by atoms with Gasteiger partial charge < -0.3 is 5.73 Å². The fourth-order valence-corrected chi connectivity index (χ4v) is 1.42. The molecular weight excluding hydrogens is 217 g/mol. The van der Waals surface area contributed by atoms with Gasteiger partial charge in [-0.3, -0.25) is 0 Å². The van der Waals surface area contributed by atoms with Crippen LogP contribution in [0.5, 0.6) is 0 Å². The molecule has 0 aliphatic heterocycles. The number of aromatic nitrogens is 2. The van der Waals surface area contributed by atoms with Crippen molar-refractivity contribution in [3.8, 4) is 11.4 Å². The molecule has 0 atom stereocenters. The molecule has 0 saturated heterocycles. The zero-order valence-corrected chi connectivity index (χ0v) is 8.37. The molecule has 5 heteroatoms. The zero-order chi connectivity index (χ0) is 10.8. The summed E-state index contributed by atoms with van der Waals surface area (Å²) >= 11 is 5.71. The summed E-state index contributed by atoms with van der Waals surface area (Å²) < 4.78 is 13.0. The Hall–Kier alpha value is -1.68. The van der Waals surface area contributed by atoms with Crippen molar-refractivity contribution in [2.24, 2.45) is 0 Å². The molecular formula is C10H7ClFN3. The molecule has 1 aromatic carbocycles. The van der Waals surface area contributed by atoms with E-state index in [0.717, 1.165) is 0 Å². The van der Waals surface area contributed by atoms with E-state index in [1.807, 2.05) is 0 Å². The number of anilines is 1. The molecule has 0 bridgehead atoms. The molecule has 0 spiro atoms. The van der Waals surface area contributed by atoms with Crippen LogP contribution in [-0.4, -0.2) is 9.97 Å². The average Bonchev–Trinajstić information content (AvgIpc) is 2.16. The molecule has 15 heavy (non-hydrogen) atoms. The van der Waals surface area contributed by atoms with E-state index in [1.165, 1.54) is 18.3 Å². The van der Waals surface area contributed by atoms with E-state index in [0.29, 0.717) is 22.2 Å². The fourth-order valence-electron chi connectivity index (χ4n) is 1.19. The molecule has 76 valence electrons. The Morgan fingerprint density at radius 1 is 1.27 bits per heavy atom. The van der Waals surface area contributed by atoms with Crippen LogP contribution in [0.3, 0.4) is 0 Å². The van der Waals surface area contributed by atoms with E-state index in [9.17, 15) is 4.39 Å². The first kappa shape index (κ1) is 9.86. The van der Waals surface area contributed by atoms with Gasteiger partial charge in [0.2, 0.25) is 0 Å². The van der Waals surface area contributed by atoms with Gasteiger partial charge in [0.15, 0.2) is 5.82 Å². The van der Waals surface area contributed by atoms with Gasteiger partial charge in [0, 0.05) is 16.8 Å². The van der Waals surface area contributed by atoms with Crippen molar-refractivity contribution in [1.82, 2.24) is 9.97 Å². The zero-order valence-electron chi connectivity index (χ0n) is 7.61.